The van der Waals surface area contributed by atoms with Gasteiger partial charge in [0.15, 0.2) is 20.1 Å². The molecule has 1 aliphatic heterocycles. The first-order valence-corrected chi connectivity index (χ1v) is 13.5. The molecule has 0 saturated carbocycles. The van der Waals surface area contributed by atoms with Crippen molar-refractivity contribution >= 4 is 20.2 Å². The minimum atomic E-state index is -2.23. The van der Waals surface area contributed by atoms with Crippen LogP contribution in [0, 0.1) is 12.3 Å². The van der Waals surface area contributed by atoms with Gasteiger partial charge >= 0.3 is 11.8 Å². The number of aliphatic hydroxyl groups excluding tert-OH is 1. The van der Waals surface area contributed by atoms with E-state index in [0.29, 0.717) is 0 Å². The SMILES string of the molecule is [2H]C#C[C@@]1(O)[C@@H](CO[Si](C)(C)C(C)(C)C)OC(n2ccc(NC(=O)OC(C)(C)C)nc2=O)[C@@H]1O. The molecule has 1 aliphatic rings. The molecule has 3 N–H and O–H groups in total. The van der Waals surface area contributed by atoms with E-state index < -0.39 is 49.7 Å². The van der Waals surface area contributed by atoms with E-state index in [0.717, 1.165) is 4.57 Å². The Bertz CT molecular complexity index is 1020. The third-order valence-corrected chi connectivity index (χ3v) is 10.4. The molecule has 0 aliphatic carbocycles. The van der Waals surface area contributed by atoms with E-state index in [1.165, 1.54) is 12.3 Å². The number of nitrogens with one attached hydrogen (secondary N) is 1. The number of carbonyl (C=O) groups excluding carboxylic acids is 1. The second-order valence-corrected chi connectivity index (χ2v) is 15.4. The van der Waals surface area contributed by atoms with Gasteiger partial charge in [-0.3, -0.25) is 9.88 Å². The number of amides is 1. The average Bonchev–Trinajstić information content (AvgIpc) is 2.89. The van der Waals surface area contributed by atoms with Crippen LogP contribution in [0.2, 0.25) is 18.1 Å². The molecule has 2 rings (SSSR count). The molecule has 1 aromatic heterocycles. The lowest BCUT2D eigenvalue weighted by Crippen LogP contribution is -2.51. The number of aromatic nitrogens is 2. The number of carbonyl (C=O) groups is 1. The first kappa shape index (κ1) is 25.4. The minimum Gasteiger partial charge on any atom is -0.444 e. The average molecular weight is 483 g/mol. The summed E-state index contributed by atoms with van der Waals surface area (Å²) in [6, 6.07) is 1.33. The number of anilines is 1. The highest BCUT2D eigenvalue weighted by atomic mass is 28.4. The maximum atomic E-state index is 12.7. The zero-order chi connectivity index (χ0) is 26.1. The molecule has 33 heavy (non-hydrogen) atoms. The minimum absolute atomic E-state index is 0.0537. The molecule has 1 amide bonds. The predicted molar refractivity (Wildman–Crippen MR) is 125 cm³/mol. The number of nitrogens with zero attached hydrogens (tertiary/aromatic N) is 2. The Morgan fingerprint density at radius 3 is 2.58 bits per heavy atom. The highest BCUT2D eigenvalue weighted by Crippen LogP contribution is 2.40. The van der Waals surface area contributed by atoms with E-state index in [1.54, 1.807) is 20.8 Å². The van der Waals surface area contributed by atoms with E-state index in [1.807, 2.05) is 19.5 Å². The number of hydrogen-bond donors (Lipinski definition) is 3. The molecule has 0 spiro atoms. The van der Waals surface area contributed by atoms with Crippen molar-refractivity contribution in [2.24, 2.45) is 0 Å². The topological polar surface area (TPSA) is 132 Å². The molecule has 1 fully saturated rings. The van der Waals surface area contributed by atoms with E-state index in [2.05, 4.69) is 37.0 Å². The maximum Gasteiger partial charge on any atom is 0.413 e. The van der Waals surface area contributed by atoms with Gasteiger partial charge in [0.25, 0.3) is 0 Å². The molecule has 184 valence electrons. The van der Waals surface area contributed by atoms with Gasteiger partial charge < -0.3 is 24.1 Å². The number of hydrogen-bond acceptors (Lipinski definition) is 8. The Morgan fingerprint density at radius 1 is 1.42 bits per heavy atom. The summed E-state index contributed by atoms with van der Waals surface area (Å²) in [5.41, 5.74) is -3.71. The van der Waals surface area contributed by atoms with Crippen molar-refractivity contribution in [2.75, 3.05) is 11.9 Å². The molecule has 1 aromatic rings. The van der Waals surface area contributed by atoms with Crippen molar-refractivity contribution in [3.8, 4) is 12.3 Å². The van der Waals surface area contributed by atoms with Crippen LogP contribution in [-0.4, -0.2) is 64.2 Å². The largest absolute Gasteiger partial charge is 0.444 e. The van der Waals surface area contributed by atoms with Crippen LogP contribution in [0.25, 0.3) is 0 Å². The van der Waals surface area contributed by atoms with Crippen molar-refractivity contribution in [2.45, 2.75) is 89.3 Å². The zero-order valence-corrected chi connectivity index (χ0v) is 21.4. The van der Waals surface area contributed by atoms with E-state index in [-0.39, 0.29) is 17.5 Å². The predicted octanol–water partition coefficient (Wildman–Crippen LogP) is 2.23. The second-order valence-electron chi connectivity index (χ2n) is 10.6. The molecule has 1 saturated heterocycles. The highest BCUT2D eigenvalue weighted by Gasteiger charge is 2.56. The Hall–Kier alpha value is -2.23. The molecule has 11 heteroatoms. The van der Waals surface area contributed by atoms with E-state index in [4.69, 9.17) is 15.3 Å². The van der Waals surface area contributed by atoms with Crippen molar-refractivity contribution in [1.82, 2.24) is 9.55 Å². The summed E-state index contributed by atoms with van der Waals surface area (Å²) in [7, 11) is -2.23. The fraction of sp³-hybridized carbons (Fsp3) is 0.682. The maximum absolute atomic E-state index is 12.7. The van der Waals surface area contributed by atoms with Crippen molar-refractivity contribution in [1.29, 1.82) is 0 Å². The van der Waals surface area contributed by atoms with Crippen molar-refractivity contribution < 1.29 is 30.3 Å². The van der Waals surface area contributed by atoms with Gasteiger partial charge in [-0.25, -0.2) is 9.59 Å². The molecule has 4 atom stereocenters. The number of ether oxygens (including phenoxy) is 2. The van der Waals surface area contributed by atoms with Gasteiger partial charge in [-0.05, 0) is 45.0 Å². The quantitative estimate of drug-likeness (QED) is 0.430. The van der Waals surface area contributed by atoms with Crippen LogP contribution in [0.3, 0.4) is 0 Å². The molecule has 1 unspecified atom stereocenters. The summed E-state index contributed by atoms with van der Waals surface area (Å²) in [5.74, 6) is 2.24. The Balaban J connectivity index is 2.27. The standard InChI is InChI=1S/C22H35N3O7Si/c1-10-22(29)14(13-30-33(8,9)21(5,6)7)31-17(16(22)26)25-12-11-15(23-18(25)27)24-19(28)32-20(2,3)4/h1,11-12,14,16-17,26,29H,13H2,2-9H3,(H,23,24,27,28)/t14-,16+,17?,22-/m1/s1/i1D. The Labute approximate surface area is 196 Å². The van der Waals surface area contributed by atoms with Gasteiger partial charge in [-0.2, -0.15) is 4.98 Å². The molecule has 0 aromatic carbocycles. The summed E-state index contributed by atoms with van der Waals surface area (Å²) in [6.07, 6.45) is -1.76. The highest BCUT2D eigenvalue weighted by molar-refractivity contribution is 6.74. The lowest BCUT2D eigenvalue weighted by Gasteiger charge is -2.37. The molecule has 0 bridgehead atoms. The summed E-state index contributed by atoms with van der Waals surface area (Å²) < 4.78 is 25.3. The zero-order valence-electron chi connectivity index (χ0n) is 21.4. The van der Waals surface area contributed by atoms with Crippen LogP contribution in [0.5, 0.6) is 0 Å². The monoisotopic (exact) mass is 482 g/mol. The summed E-state index contributed by atoms with van der Waals surface area (Å²) in [5, 5.41) is 24.2. The van der Waals surface area contributed by atoms with Gasteiger partial charge in [0.2, 0.25) is 0 Å². The van der Waals surface area contributed by atoms with Gasteiger partial charge in [-0.15, -0.1) is 6.40 Å². The fourth-order valence-corrected chi connectivity index (χ4v) is 3.88. The normalized spacial score (nSPS) is 26.2. The number of rotatable bonds is 5. The third-order valence-electron chi connectivity index (χ3n) is 5.85. The van der Waals surface area contributed by atoms with Crippen LogP contribution < -0.4 is 11.0 Å². The third kappa shape index (κ3) is 6.02. The van der Waals surface area contributed by atoms with Crippen LogP contribution in [0.15, 0.2) is 17.1 Å². The van der Waals surface area contributed by atoms with Gasteiger partial charge in [0.05, 0.1) is 6.61 Å². The molecule has 2 heterocycles. The van der Waals surface area contributed by atoms with Crippen LogP contribution in [-0.2, 0) is 13.9 Å². The van der Waals surface area contributed by atoms with Gasteiger partial charge in [0, 0.05) is 6.20 Å². The number of terminal acetylenes is 1. The first-order valence-electron chi connectivity index (χ1n) is 11.1. The van der Waals surface area contributed by atoms with Crippen LogP contribution in [0.4, 0.5) is 10.6 Å². The number of aliphatic hydroxyl groups is 2. The smallest absolute Gasteiger partial charge is 0.413 e. The summed E-state index contributed by atoms with van der Waals surface area (Å²) >= 11 is 0. The molecular weight excluding hydrogens is 446 g/mol. The fourth-order valence-electron chi connectivity index (χ4n) is 2.88. The van der Waals surface area contributed by atoms with E-state index >= 15 is 0 Å². The Morgan fingerprint density at radius 2 is 2.06 bits per heavy atom. The second kappa shape index (κ2) is 9.19. The lowest BCUT2D eigenvalue weighted by molar-refractivity contribution is -0.0597. The Kier molecular flexibility index (Phi) is 7.07. The van der Waals surface area contributed by atoms with E-state index in [9.17, 15) is 19.8 Å². The lowest BCUT2D eigenvalue weighted by atomic mass is 9.93. The van der Waals surface area contributed by atoms with Crippen LogP contribution >= 0.6 is 0 Å². The van der Waals surface area contributed by atoms with Crippen molar-refractivity contribution in [3.05, 3.63) is 22.7 Å². The van der Waals surface area contributed by atoms with Crippen LogP contribution in [0.1, 0.15) is 49.1 Å². The molecule has 0 radical (unpaired) electrons. The summed E-state index contributed by atoms with van der Waals surface area (Å²) in [4.78, 5) is 28.4. The van der Waals surface area contributed by atoms with Gasteiger partial charge in [0.1, 0.15) is 25.0 Å². The summed E-state index contributed by atoms with van der Waals surface area (Å²) in [6.45, 7) is 15.2. The molecule has 10 nitrogen and oxygen atoms in total. The molecular formula is C22H35N3O7Si. The van der Waals surface area contributed by atoms with Crippen molar-refractivity contribution in [3.63, 3.8) is 0 Å². The van der Waals surface area contributed by atoms with Gasteiger partial charge in [-0.1, -0.05) is 26.7 Å². The first-order chi connectivity index (χ1) is 15.4.